The second-order valence-corrected chi connectivity index (χ2v) is 9.43. The monoisotopic (exact) mass is 521 g/mol. The summed E-state index contributed by atoms with van der Waals surface area (Å²) in [5.41, 5.74) is 3.39. The van der Waals surface area contributed by atoms with Gasteiger partial charge >= 0.3 is 5.97 Å². The Kier molecular flexibility index (Phi) is 8.04. The third-order valence-electron chi connectivity index (χ3n) is 6.81. The van der Waals surface area contributed by atoms with Crippen LogP contribution in [0.1, 0.15) is 29.2 Å². The molecule has 198 valence electrons. The van der Waals surface area contributed by atoms with Crippen LogP contribution in [-0.2, 0) is 20.7 Å². The zero-order valence-electron chi connectivity index (χ0n) is 21.8. The molecule has 6 heteroatoms. The largest absolute Gasteiger partial charge is 0.494 e. The Hall–Kier alpha value is -4.42. The molecule has 5 rings (SSSR count). The molecule has 0 fully saturated rings. The van der Waals surface area contributed by atoms with E-state index in [-0.39, 0.29) is 6.61 Å². The van der Waals surface area contributed by atoms with Gasteiger partial charge in [-0.1, -0.05) is 84.9 Å². The highest BCUT2D eigenvalue weighted by molar-refractivity contribution is 6.00. The van der Waals surface area contributed by atoms with Crippen molar-refractivity contribution in [2.45, 2.75) is 24.5 Å². The van der Waals surface area contributed by atoms with Crippen molar-refractivity contribution in [1.29, 1.82) is 0 Å². The van der Waals surface area contributed by atoms with Gasteiger partial charge in [0.2, 0.25) is 11.4 Å². The Bertz CT molecular complexity index is 1400. The van der Waals surface area contributed by atoms with E-state index in [0.717, 1.165) is 27.8 Å². The van der Waals surface area contributed by atoms with Crippen molar-refractivity contribution in [3.8, 4) is 16.9 Å². The Morgan fingerprint density at radius 1 is 0.846 bits per heavy atom. The van der Waals surface area contributed by atoms with E-state index in [1.165, 1.54) is 7.11 Å². The minimum Gasteiger partial charge on any atom is -0.494 e. The van der Waals surface area contributed by atoms with E-state index >= 15 is 0 Å². The molecule has 0 aliphatic carbocycles. The van der Waals surface area contributed by atoms with Crippen LogP contribution in [-0.4, -0.2) is 42.8 Å². The van der Waals surface area contributed by atoms with Gasteiger partial charge < -0.3 is 19.3 Å². The number of aliphatic imine (C=N–C) groups is 1. The zero-order chi connectivity index (χ0) is 27.1. The van der Waals surface area contributed by atoms with Crippen LogP contribution in [0.3, 0.4) is 0 Å². The van der Waals surface area contributed by atoms with Gasteiger partial charge in [-0.25, -0.2) is 9.79 Å². The Labute approximate surface area is 228 Å². The Balaban J connectivity index is 1.52. The molecule has 0 unspecified atom stereocenters. The maximum Gasteiger partial charge on any atom is 0.338 e. The molecule has 4 aromatic rings. The highest BCUT2D eigenvalue weighted by Crippen LogP contribution is 2.43. The number of ether oxygens (including phenoxy) is 3. The number of aliphatic hydroxyl groups excluding tert-OH is 1. The van der Waals surface area contributed by atoms with Crippen molar-refractivity contribution in [3.63, 3.8) is 0 Å². The van der Waals surface area contributed by atoms with Crippen LogP contribution in [0.4, 0.5) is 0 Å². The minimum absolute atomic E-state index is 0.0769. The van der Waals surface area contributed by atoms with Gasteiger partial charge in [0.05, 0.1) is 13.7 Å². The van der Waals surface area contributed by atoms with Gasteiger partial charge in [-0.15, -0.1) is 0 Å². The van der Waals surface area contributed by atoms with Crippen LogP contribution in [0.5, 0.6) is 5.75 Å². The lowest BCUT2D eigenvalue weighted by atomic mass is 9.82. The number of nitrogens with zero attached hydrogens (tertiary/aromatic N) is 1. The molecular weight excluding hydrogens is 490 g/mol. The van der Waals surface area contributed by atoms with Gasteiger partial charge in [0.25, 0.3) is 0 Å². The van der Waals surface area contributed by atoms with Gasteiger partial charge in [0.15, 0.2) is 6.10 Å². The first kappa shape index (κ1) is 26.2. The molecule has 1 heterocycles. The highest BCUT2D eigenvalue weighted by Gasteiger charge is 2.54. The SMILES string of the molecule is COC(=O)[C@]1(Cc2ccccc2)N=C(c2ccc(OCCCO)cc2)O[C@@H]1c1ccc(-c2ccccc2)cc1. The smallest absolute Gasteiger partial charge is 0.338 e. The molecule has 0 aromatic heterocycles. The van der Waals surface area contributed by atoms with Gasteiger partial charge in [-0.3, -0.25) is 0 Å². The third kappa shape index (κ3) is 5.71. The summed E-state index contributed by atoms with van der Waals surface area (Å²) in [6, 6.07) is 35.4. The topological polar surface area (TPSA) is 77.4 Å². The van der Waals surface area contributed by atoms with Crippen LogP contribution in [0.15, 0.2) is 114 Å². The molecule has 6 nitrogen and oxygen atoms in total. The first-order valence-corrected chi connectivity index (χ1v) is 13.0. The zero-order valence-corrected chi connectivity index (χ0v) is 21.8. The van der Waals surface area contributed by atoms with Crippen molar-refractivity contribution in [1.82, 2.24) is 0 Å². The van der Waals surface area contributed by atoms with E-state index < -0.39 is 17.6 Å². The summed E-state index contributed by atoms with van der Waals surface area (Å²) < 4.78 is 17.5. The van der Waals surface area contributed by atoms with Gasteiger partial charge in [-0.2, -0.15) is 0 Å². The molecule has 0 saturated carbocycles. The summed E-state index contributed by atoms with van der Waals surface area (Å²) >= 11 is 0. The van der Waals surface area contributed by atoms with Crippen molar-refractivity contribution >= 4 is 11.9 Å². The van der Waals surface area contributed by atoms with Crippen LogP contribution in [0, 0.1) is 0 Å². The standard InChI is InChI=1S/C33H31NO5/c1-37-32(36)33(23-24-9-4-2-5-10-24)30(27-15-13-26(14-16-27)25-11-6-3-7-12-25)39-31(34-33)28-17-19-29(20-18-28)38-22-8-21-35/h2-7,9-20,30,35H,8,21-23H2,1H3/t30-,33-/m1/s1. The average Bonchev–Trinajstić information content (AvgIpc) is 3.38. The molecule has 0 saturated heterocycles. The molecule has 0 amide bonds. The number of hydrogen-bond acceptors (Lipinski definition) is 6. The number of carbonyl (C=O) groups excluding carboxylic acids is 1. The van der Waals surface area contributed by atoms with Gasteiger partial charge in [0, 0.05) is 25.0 Å². The minimum atomic E-state index is -1.31. The predicted octanol–water partition coefficient (Wildman–Crippen LogP) is 5.79. The van der Waals surface area contributed by atoms with E-state index in [1.807, 2.05) is 97.1 Å². The first-order chi connectivity index (χ1) is 19.1. The number of esters is 1. The second-order valence-electron chi connectivity index (χ2n) is 9.43. The molecule has 0 radical (unpaired) electrons. The molecule has 1 aliphatic heterocycles. The van der Waals surface area contributed by atoms with Crippen LogP contribution < -0.4 is 4.74 Å². The lowest BCUT2D eigenvalue weighted by Gasteiger charge is -2.29. The van der Waals surface area contributed by atoms with Crippen LogP contribution in [0.25, 0.3) is 11.1 Å². The molecule has 0 spiro atoms. The Morgan fingerprint density at radius 3 is 2.10 bits per heavy atom. The second kappa shape index (κ2) is 12.0. The fourth-order valence-electron chi connectivity index (χ4n) is 4.82. The number of aliphatic hydroxyl groups is 1. The number of rotatable bonds is 10. The van der Waals surface area contributed by atoms with E-state index in [9.17, 15) is 4.79 Å². The van der Waals surface area contributed by atoms with Crippen LogP contribution in [0.2, 0.25) is 0 Å². The van der Waals surface area contributed by atoms with E-state index in [2.05, 4.69) is 12.1 Å². The van der Waals surface area contributed by atoms with E-state index in [4.69, 9.17) is 24.3 Å². The Morgan fingerprint density at radius 2 is 1.46 bits per heavy atom. The lowest BCUT2D eigenvalue weighted by Crippen LogP contribution is -2.44. The number of benzene rings is 4. The third-order valence-corrected chi connectivity index (χ3v) is 6.81. The van der Waals surface area contributed by atoms with Crippen molar-refractivity contribution in [3.05, 3.63) is 126 Å². The van der Waals surface area contributed by atoms with E-state index in [1.54, 1.807) is 0 Å². The number of methoxy groups -OCH3 is 1. The summed E-state index contributed by atoms with van der Waals surface area (Å²) in [5.74, 6) is 0.597. The van der Waals surface area contributed by atoms with Crippen molar-refractivity contribution in [2.24, 2.45) is 4.99 Å². The quantitative estimate of drug-likeness (QED) is 0.211. The molecule has 4 aromatic carbocycles. The maximum atomic E-state index is 13.5. The van der Waals surface area contributed by atoms with Gasteiger partial charge in [-0.05, 0) is 46.5 Å². The number of carbonyl (C=O) groups is 1. The average molecular weight is 522 g/mol. The van der Waals surface area contributed by atoms with Crippen molar-refractivity contribution < 1.29 is 24.1 Å². The van der Waals surface area contributed by atoms with E-state index in [0.29, 0.717) is 31.1 Å². The molecule has 1 aliphatic rings. The molecule has 39 heavy (non-hydrogen) atoms. The normalized spacial score (nSPS) is 18.2. The van der Waals surface area contributed by atoms with Crippen molar-refractivity contribution in [2.75, 3.05) is 20.3 Å². The molecular formula is C33H31NO5. The van der Waals surface area contributed by atoms with Gasteiger partial charge in [0.1, 0.15) is 5.75 Å². The first-order valence-electron chi connectivity index (χ1n) is 13.0. The molecule has 1 N–H and O–H groups in total. The summed E-state index contributed by atoms with van der Waals surface area (Å²) in [5, 5.41) is 8.99. The predicted molar refractivity (Wildman–Crippen MR) is 151 cm³/mol. The summed E-state index contributed by atoms with van der Waals surface area (Å²) in [6.45, 7) is 0.504. The summed E-state index contributed by atoms with van der Waals surface area (Å²) in [4.78, 5) is 18.5. The lowest BCUT2D eigenvalue weighted by molar-refractivity contribution is -0.149. The summed E-state index contributed by atoms with van der Waals surface area (Å²) in [6.07, 6.45) is 0.187. The van der Waals surface area contributed by atoms with Crippen LogP contribution >= 0.6 is 0 Å². The molecule has 2 atom stereocenters. The maximum absolute atomic E-state index is 13.5. The summed E-state index contributed by atoms with van der Waals surface area (Å²) in [7, 11) is 1.39. The molecule has 0 bridgehead atoms. The fourth-order valence-corrected chi connectivity index (χ4v) is 4.82. The fraction of sp³-hybridized carbons (Fsp3) is 0.212. The highest BCUT2D eigenvalue weighted by atomic mass is 16.5. The number of hydrogen-bond donors (Lipinski definition) is 1.